The van der Waals surface area contributed by atoms with Crippen LogP contribution in [0.4, 0.5) is 22.0 Å². The predicted octanol–water partition coefficient (Wildman–Crippen LogP) is 5.12. The summed E-state index contributed by atoms with van der Waals surface area (Å²) in [5.74, 6) is -2.29. The van der Waals surface area contributed by atoms with E-state index in [-0.39, 0.29) is 24.1 Å². The van der Waals surface area contributed by atoms with Crippen molar-refractivity contribution in [1.29, 1.82) is 0 Å². The molecule has 3 aromatic heterocycles. The van der Waals surface area contributed by atoms with Crippen molar-refractivity contribution in [3.05, 3.63) is 70.6 Å². The second kappa shape index (κ2) is 8.15. The molecule has 36 heavy (non-hydrogen) atoms. The molecule has 2 N–H and O–H groups in total. The molecule has 0 saturated carbocycles. The van der Waals surface area contributed by atoms with E-state index in [9.17, 15) is 31.9 Å². The number of carbonyl (C=O) groups is 1. The zero-order valence-corrected chi connectivity index (χ0v) is 18.9. The van der Waals surface area contributed by atoms with Crippen LogP contribution in [-0.4, -0.2) is 37.4 Å². The molecule has 0 bridgehead atoms. The number of aromatic amines is 1. The number of benzene rings is 1. The van der Waals surface area contributed by atoms with E-state index in [4.69, 9.17) is 8.83 Å². The molecule has 5 rings (SSSR count). The van der Waals surface area contributed by atoms with Crippen LogP contribution >= 0.6 is 0 Å². The number of alkyl halides is 5. The van der Waals surface area contributed by atoms with E-state index in [0.29, 0.717) is 11.4 Å². The minimum atomic E-state index is -4.69. The Labute approximate surface area is 199 Å². The van der Waals surface area contributed by atoms with Gasteiger partial charge in [0.05, 0.1) is 17.6 Å². The highest BCUT2D eigenvalue weighted by molar-refractivity contribution is 5.93. The lowest BCUT2D eigenvalue weighted by Crippen LogP contribution is -2.40. The molecule has 0 radical (unpaired) electrons. The monoisotopic (exact) mass is 510 g/mol. The van der Waals surface area contributed by atoms with Gasteiger partial charge in [-0.2, -0.15) is 13.2 Å². The van der Waals surface area contributed by atoms with Crippen molar-refractivity contribution in [3.63, 3.8) is 0 Å². The zero-order chi connectivity index (χ0) is 26.0. The average molecular weight is 510 g/mol. The Morgan fingerprint density at radius 2 is 2.00 bits per heavy atom. The van der Waals surface area contributed by atoms with Crippen molar-refractivity contribution in [2.24, 2.45) is 0 Å². The molecular weight excluding hydrogens is 491 g/mol. The smallest absolute Gasteiger partial charge is 0.420 e. The number of imidazole rings is 1. The number of furan rings is 1. The highest BCUT2D eigenvalue weighted by atomic mass is 19.4. The summed E-state index contributed by atoms with van der Waals surface area (Å²) in [5, 5.41) is 10.3. The summed E-state index contributed by atoms with van der Waals surface area (Å²) >= 11 is 0. The van der Waals surface area contributed by atoms with Crippen LogP contribution in [0, 0.1) is 0 Å². The van der Waals surface area contributed by atoms with Gasteiger partial charge in [-0.15, -0.1) is 0 Å². The van der Waals surface area contributed by atoms with Gasteiger partial charge in [0.15, 0.2) is 5.69 Å². The summed E-state index contributed by atoms with van der Waals surface area (Å²) in [4.78, 5) is 25.4. The fraction of sp³-hybridized carbons (Fsp3) is 0.348. The van der Waals surface area contributed by atoms with Gasteiger partial charge in [0.25, 0.3) is 12.3 Å². The molecule has 4 aromatic rings. The maximum absolute atomic E-state index is 13.7. The standard InChI is InChI=1S/C23H19F5N4O4/c1-22(2,34)21-31-15(19(24)25)18(36-21)20(33)32-7-6-12-14(30-9-29-12)16(32)13-8-10-4-3-5-11(17(10)35-13)23(26,27)28/h3-5,8-9,16,19,34H,6-7H2,1-2H3,(H,29,30)/t16-/m0/s1. The number of nitrogens with zero attached hydrogens (tertiary/aromatic N) is 3. The van der Waals surface area contributed by atoms with Crippen molar-refractivity contribution in [3.8, 4) is 0 Å². The number of para-hydroxylation sites is 1. The summed E-state index contributed by atoms with van der Waals surface area (Å²) in [6, 6.07) is 3.76. The van der Waals surface area contributed by atoms with E-state index in [1.54, 1.807) is 0 Å². The summed E-state index contributed by atoms with van der Waals surface area (Å²) in [6.45, 7) is 2.51. The molecule has 0 spiro atoms. The lowest BCUT2D eigenvalue weighted by molar-refractivity contribution is -0.136. The van der Waals surface area contributed by atoms with Crippen molar-refractivity contribution in [1.82, 2.24) is 19.9 Å². The molecule has 0 aliphatic carbocycles. The lowest BCUT2D eigenvalue weighted by atomic mass is 9.99. The number of carbonyl (C=O) groups excluding carboxylic acids is 1. The number of rotatable bonds is 4. The normalized spacial score (nSPS) is 16.7. The number of fused-ring (bicyclic) bond motifs is 2. The first-order chi connectivity index (χ1) is 16.9. The number of nitrogens with one attached hydrogen (secondary N) is 1. The number of amides is 1. The highest BCUT2D eigenvalue weighted by Crippen LogP contribution is 2.41. The molecule has 1 atom stereocenters. The summed E-state index contributed by atoms with van der Waals surface area (Å²) < 4.78 is 79.1. The number of aliphatic hydroxyl groups is 1. The van der Waals surface area contributed by atoms with Gasteiger partial charge in [-0.05, 0) is 26.0 Å². The lowest BCUT2D eigenvalue weighted by Gasteiger charge is -2.33. The van der Waals surface area contributed by atoms with Gasteiger partial charge >= 0.3 is 6.18 Å². The first kappa shape index (κ1) is 24.0. The Balaban J connectivity index is 1.64. The van der Waals surface area contributed by atoms with Gasteiger partial charge in [0.2, 0.25) is 11.7 Å². The molecule has 190 valence electrons. The van der Waals surface area contributed by atoms with Crippen LogP contribution in [0.2, 0.25) is 0 Å². The Kier molecular flexibility index (Phi) is 5.43. The van der Waals surface area contributed by atoms with Crippen LogP contribution in [0.25, 0.3) is 11.0 Å². The van der Waals surface area contributed by atoms with E-state index in [2.05, 4.69) is 15.0 Å². The quantitative estimate of drug-likeness (QED) is 0.369. The van der Waals surface area contributed by atoms with Gasteiger partial charge in [-0.25, -0.2) is 18.7 Å². The van der Waals surface area contributed by atoms with Gasteiger partial charge in [0.1, 0.15) is 23.0 Å². The minimum Gasteiger partial charge on any atom is -0.458 e. The van der Waals surface area contributed by atoms with Crippen LogP contribution in [-0.2, 0) is 18.2 Å². The SMILES string of the molecule is CC(C)(O)c1nc(C(F)F)c(C(=O)N2CCc3[nH]cnc3[C@@H]2c2cc3cccc(C(F)(F)F)c3o2)o1. The van der Waals surface area contributed by atoms with Crippen molar-refractivity contribution in [2.75, 3.05) is 6.54 Å². The molecule has 1 amide bonds. The second-order valence-electron chi connectivity index (χ2n) is 8.88. The van der Waals surface area contributed by atoms with E-state index >= 15 is 0 Å². The Hall–Kier alpha value is -3.74. The third kappa shape index (κ3) is 3.92. The third-order valence-electron chi connectivity index (χ3n) is 5.90. The van der Waals surface area contributed by atoms with Crippen LogP contribution in [0.5, 0.6) is 0 Å². The fourth-order valence-electron chi connectivity index (χ4n) is 4.25. The fourth-order valence-corrected chi connectivity index (χ4v) is 4.25. The first-order valence-corrected chi connectivity index (χ1v) is 10.8. The number of halogens is 5. The molecule has 4 heterocycles. The molecule has 0 unspecified atom stereocenters. The maximum Gasteiger partial charge on any atom is 0.420 e. The molecule has 0 fully saturated rings. The number of hydrogen-bond donors (Lipinski definition) is 2. The van der Waals surface area contributed by atoms with Gasteiger partial charge in [-0.1, -0.05) is 12.1 Å². The Morgan fingerprint density at radius 3 is 2.67 bits per heavy atom. The van der Waals surface area contributed by atoms with Gasteiger partial charge in [-0.3, -0.25) is 4.79 Å². The Bertz CT molecular complexity index is 1450. The van der Waals surface area contributed by atoms with E-state index in [0.717, 1.165) is 11.0 Å². The molecule has 1 aromatic carbocycles. The van der Waals surface area contributed by atoms with E-state index in [1.807, 2.05) is 0 Å². The number of H-pyrrole nitrogens is 1. The third-order valence-corrected chi connectivity index (χ3v) is 5.90. The van der Waals surface area contributed by atoms with E-state index < -0.39 is 58.6 Å². The zero-order valence-electron chi connectivity index (χ0n) is 18.9. The number of oxazole rings is 1. The van der Waals surface area contributed by atoms with Crippen LogP contribution in [0.15, 0.2) is 39.4 Å². The van der Waals surface area contributed by atoms with Crippen LogP contribution in [0.1, 0.15) is 71.2 Å². The highest BCUT2D eigenvalue weighted by Gasteiger charge is 2.42. The van der Waals surface area contributed by atoms with E-state index in [1.165, 1.54) is 38.4 Å². The molecule has 8 nitrogen and oxygen atoms in total. The minimum absolute atomic E-state index is 0.0108. The average Bonchev–Trinajstić information content (AvgIpc) is 3.53. The molecule has 1 aliphatic heterocycles. The molecular formula is C23H19F5N4O4. The van der Waals surface area contributed by atoms with Gasteiger partial charge < -0.3 is 23.8 Å². The number of aromatic nitrogens is 3. The summed E-state index contributed by atoms with van der Waals surface area (Å²) in [6.07, 6.45) is -6.25. The number of hydrogen-bond acceptors (Lipinski definition) is 6. The molecule has 0 saturated heterocycles. The Morgan fingerprint density at radius 1 is 1.25 bits per heavy atom. The first-order valence-electron chi connectivity index (χ1n) is 10.8. The van der Waals surface area contributed by atoms with Crippen molar-refractivity contribution >= 4 is 16.9 Å². The topological polar surface area (TPSA) is 108 Å². The van der Waals surface area contributed by atoms with Crippen molar-refractivity contribution < 1.29 is 40.7 Å². The van der Waals surface area contributed by atoms with Crippen LogP contribution < -0.4 is 0 Å². The molecule has 13 heteroatoms. The summed E-state index contributed by atoms with van der Waals surface area (Å²) in [5.41, 5.74) is -3.20. The molecule has 1 aliphatic rings. The predicted molar refractivity (Wildman–Crippen MR) is 113 cm³/mol. The second-order valence-corrected chi connectivity index (χ2v) is 8.88. The summed E-state index contributed by atoms with van der Waals surface area (Å²) in [7, 11) is 0. The largest absolute Gasteiger partial charge is 0.458 e. The maximum atomic E-state index is 13.7. The van der Waals surface area contributed by atoms with Gasteiger partial charge in [0, 0.05) is 24.0 Å². The van der Waals surface area contributed by atoms with Crippen molar-refractivity contribution in [2.45, 2.75) is 44.5 Å². The van der Waals surface area contributed by atoms with Crippen LogP contribution in [0.3, 0.4) is 0 Å².